The van der Waals surface area contributed by atoms with Crippen LogP contribution in [0.4, 0.5) is 0 Å². The molecule has 0 spiro atoms. The van der Waals surface area contributed by atoms with Crippen LogP contribution in [0.5, 0.6) is 0 Å². The molecular weight excluding hydrogens is 186 g/mol. The van der Waals surface area contributed by atoms with Crippen LogP contribution in [0.15, 0.2) is 0 Å². The summed E-state index contributed by atoms with van der Waals surface area (Å²) in [7, 11) is 0. The van der Waals surface area contributed by atoms with E-state index >= 15 is 0 Å². The molecule has 0 aliphatic heterocycles. The summed E-state index contributed by atoms with van der Waals surface area (Å²) in [4.78, 5) is 2.38. The Morgan fingerprint density at radius 1 is 1.33 bits per heavy atom. The van der Waals surface area contributed by atoms with Crippen molar-refractivity contribution < 1.29 is 0 Å². The number of hydrogen-bond acceptors (Lipinski definition) is 3. The molecule has 0 aliphatic rings. The van der Waals surface area contributed by atoms with Crippen LogP contribution >= 0.6 is 0 Å². The summed E-state index contributed by atoms with van der Waals surface area (Å²) in [6, 6.07) is 2.82. The molecule has 15 heavy (non-hydrogen) atoms. The molecule has 0 fully saturated rings. The zero-order valence-electron chi connectivity index (χ0n) is 10.8. The molecule has 0 aromatic carbocycles. The highest BCUT2D eigenvalue weighted by atomic mass is 15.1. The van der Waals surface area contributed by atoms with E-state index < -0.39 is 5.54 Å². The van der Waals surface area contributed by atoms with Crippen molar-refractivity contribution >= 4 is 0 Å². The number of nitrogens with one attached hydrogen (secondary N) is 1. The third kappa shape index (κ3) is 4.63. The van der Waals surface area contributed by atoms with Crippen LogP contribution in [0, 0.1) is 11.3 Å². The summed E-state index contributed by atoms with van der Waals surface area (Å²) in [5.74, 6) is 0. The van der Waals surface area contributed by atoms with Gasteiger partial charge in [0.05, 0.1) is 6.07 Å². The Morgan fingerprint density at radius 2 is 1.87 bits per heavy atom. The van der Waals surface area contributed by atoms with Crippen molar-refractivity contribution in [1.82, 2.24) is 10.2 Å². The van der Waals surface area contributed by atoms with Gasteiger partial charge in [-0.1, -0.05) is 20.8 Å². The summed E-state index contributed by atoms with van der Waals surface area (Å²) < 4.78 is 0. The molecule has 2 unspecified atom stereocenters. The van der Waals surface area contributed by atoms with Gasteiger partial charge < -0.3 is 4.90 Å². The lowest BCUT2D eigenvalue weighted by Crippen LogP contribution is -2.47. The lowest BCUT2D eigenvalue weighted by atomic mass is 9.94. The third-order valence-corrected chi connectivity index (χ3v) is 2.95. The molecule has 0 radical (unpaired) electrons. The average molecular weight is 211 g/mol. The van der Waals surface area contributed by atoms with Gasteiger partial charge in [-0.3, -0.25) is 5.32 Å². The monoisotopic (exact) mass is 211 g/mol. The first-order chi connectivity index (χ1) is 7.02. The standard InChI is InChI=1S/C12H25N3/c1-6-14-12(5,10-13)9-11(4)15(7-2)8-3/h11,14H,6-9H2,1-5H3. The first-order valence-electron chi connectivity index (χ1n) is 5.93. The number of nitrogens with zero attached hydrogens (tertiary/aromatic N) is 2. The van der Waals surface area contributed by atoms with Gasteiger partial charge in [0.2, 0.25) is 0 Å². The molecule has 0 aromatic rings. The van der Waals surface area contributed by atoms with E-state index in [9.17, 15) is 0 Å². The fourth-order valence-electron chi connectivity index (χ4n) is 2.11. The Kier molecular flexibility index (Phi) is 6.55. The molecule has 0 rings (SSSR count). The molecular formula is C12H25N3. The molecule has 0 aliphatic carbocycles. The van der Waals surface area contributed by atoms with Crippen LogP contribution in [0.3, 0.4) is 0 Å². The Balaban J connectivity index is 4.35. The van der Waals surface area contributed by atoms with Gasteiger partial charge in [0, 0.05) is 6.04 Å². The highest BCUT2D eigenvalue weighted by Crippen LogP contribution is 2.15. The topological polar surface area (TPSA) is 39.1 Å². The fourth-order valence-corrected chi connectivity index (χ4v) is 2.11. The smallest absolute Gasteiger partial charge is 0.105 e. The van der Waals surface area contributed by atoms with Gasteiger partial charge in [0.1, 0.15) is 5.54 Å². The van der Waals surface area contributed by atoms with Crippen molar-refractivity contribution in [3.05, 3.63) is 0 Å². The van der Waals surface area contributed by atoms with Crippen molar-refractivity contribution in [3.63, 3.8) is 0 Å². The van der Waals surface area contributed by atoms with Crippen molar-refractivity contribution in [2.45, 2.75) is 52.6 Å². The second-order valence-corrected chi connectivity index (χ2v) is 4.25. The van der Waals surface area contributed by atoms with E-state index in [0.29, 0.717) is 6.04 Å². The minimum atomic E-state index is -0.392. The normalized spacial score (nSPS) is 17.1. The maximum Gasteiger partial charge on any atom is 0.105 e. The molecule has 88 valence electrons. The maximum absolute atomic E-state index is 9.16. The van der Waals surface area contributed by atoms with Crippen LogP contribution in [-0.4, -0.2) is 36.1 Å². The SMILES string of the molecule is CCNC(C)(C#N)CC(C)N(CC)CC. The van der Waals surface area contributed by atoms with Crippen LogP contribution in [0.1, 0.15) is 41.0 Å². The van der Waals surface area contributed by atoms with E-state index in [-0.39, 0.29) is 0 Å². The quantitative estimate of drug-likeness (QED) is 0.700. The largest absolute Gasteiger partial charge is 0.301 e. The van der Waals surface area contributed by atoms with Crippen molar-refractivity contribution in [2.24, 2.45) is 0 Å². The van der Waals surface area contributed by atoms with Crippen molar-refractivity contribution in [3.8, 4) is 6.07 Å². The number of nitriles is 1. The van der Waals surface area contributed by atoms with Crippen LogP contribution in [-0.2, 0) is 0 Å². The molecule has 0 aromatic heterocycles. The van der Waals surface area contributed by atoms with E-state index in [0.717, 1.165) is 26.1 Å². The zero-order valence-corrected chi connectivity index (χ0v) is 10.8. The predicted octanol–water partition coefficient (Wildman–Crippen LogP) is 2.00. The molecule has 0 saturated heterocycles. The molecule has 0 bridgehead atoms. The fraction of sp³-hybridized carbons (Fsp3) is 0.917. The average Bonchev–Trinajstić information content (AvgIpc) is 2.20. The Bertz CT molecular complexity index is 205. The van der Waals surface area contributed by atoms with Gasteiger partial charge >= 0.3 is 0 Å². The third-order valence-electron chi connectivity index (χ3n) is 2.95. The molecule has 0 saturated carbocycles. The lowest BCUT2D eigenvalue weighted by molar-refractivity contribution is 0.194. The Morgan fingerprint density at radius 3 is 2.20 bits per heavy atom. The number of rotatable bonds is 7. The van der Waals surface area contributed by atoms with Crippen molar-refractivity contribution in [1.29, 1.82) is 5.26 Å². The summed E-state index contributed by atoms with van der Waals surface area (Å²) in [6.45, 7) is 13.5. The summed E-state index contributed by atoms with van der Waals surface area (Å²) in [5, 5.41) is 12.4. The maximum atomic E-state index is 9.16. The first kappa shape index (κ1) is 14.4. The molecule has 2 atom stereocenters. The van der Waals surface area contributed by atoms with Crippen LogP contribution in [0.25, 0.3) is 0 Å². The highest BCUT2D eigenvalue weighted by molar-refractivity contribution is 5.05. The van der Waals surface area contributed by atoms with Crippen LogP contribution in [0.2, 0.25) is 0 Å². The molecule has 0 amide bonds. The van der Waals surface area contributed by atoms with E-state index in [1.54, 1.807) is 0 Å². The summed E-state index contributed by atoms with van der Waals surface area (Å²) in [6.07, 6.45) is 0.874. The Hall–Kier alpha value is -0.590. The van der Waals surface area contributed by atoms with Gasteiger partial charge in [-0.15, -0.1) is 0 Å². The van der Waals surface area contributed by atoms with Crippen LogP contribution < -0.4 is 5.32 Å². The first-order valence-corrected chi connectivity index (χ1v) is 5.93. The van der Waals surface area contributed by atoms with E-state index in [2.05, 4.69) is 37.1 Å². The van der Waals surface area contributed by atoms with Gasteiger partial charge in [0.15, 0.2) is 0 Å². The predicted molar refractivity (Wildman–Crippen MR) is 64.7 cm³/mol. The minimum Gasteiger partial charge on any atom is -0.301 e. The van der Waals surface area contributed by atoms with E-state index in [4.69, 9.17) is 5.26 Å². The molecule has 3 heteroatoms. The molecule has 0 heterocycles. The van der Waals surface area contributed by atoms with E-state index in [1.807, 2.05) is 13.8 Å². The second kappa shape index (κ2) is 6.81. The Labute approximate surface area is 94.5 Å². The lowest BCUT2D eigenvalue weighted by Gasteiger charge is -2.32. The summed E-state index contributed by atoms with van der Waals surface area (Å²) in [5.41, 5.74) is -0.392. The molecule has 3 nitrogen and oxygen atoms in total. The number of hydrogen-bond donors (Lipinski definition) is 1. The van der Waals surface area contributed by atoms with Gasteiger partial charge in [-0.25, -0.2) is 0 Å². The highest BCUT2D eigenvalue weighted by Gasteiger charge is 2.26. The zero-order chi connectivity index (χ0) is 11.9. The van der Waals surface area contributed by atoms with Gasteiger partial charge in [0.25, 0.3) is 0 Å². The minimum absolute atomic E-state index is 0.392. The van der Waals surface area contributed by atoms with Gasteiger partial charge in [-0.05, 0) is 39.9 Å². The second-order valence-electron chi connectivity index (χ2n) is 4.25. The van der Waals surface area contributed by atoms with E-state index in [1.165, 1.54) is 0 Å². The van der Waals surface area contributed by atoms with Crippen molar-refractivity contribution in [2.75, 3.05) is 19.6 Å². The summed E-state index contributed by atoms with van der Waals surface area (Å²) >= 11 is 0. The molecule has 1 N–H and O–H groups in total. The van der Waals surface area contributed by atoms with Gasteiger partial charge in [-0.2, -0.15) is 5.26 Å².